The van der Waals surface area contributed by atoms with E-state index in [0.29, 0.717) is 11.4 Å². The lowest BCUT2D eigenvalue weighted by molar-refractivity contribution is -0.144. The van der Waals surface area contributed by atoms with Gasteiger partial charge in [-0.2, -0.15) is 0 Å². The van der Waals surface area contributed by atoms with Crippen LogP contribution in [0, 0.1) is 13.8 Å². The number of hydrogen-bond donors (Lipinski definition) is 1. The van der Waals surface area contributed by atoms with Gasteiger partial charge in [-0.3, -0.25) is 4.98 Å². The summed E-state index contributed by atoms with van der Waals surface area (Å²) in [6.45, 7) is 4.80. The fraction of sp³-hybridized carbons (Fsp3) is 0.400. The van der Waals surface area contributed by atoms with Crippen LogP contribution in [-0.4, -0.2) is 22.2 Å². The van der Waals surface area contributed by atoms with Crippen LogP contribution in [0.4, 0.5) is 0 Å². The molecule has 1 aromatic heterocycles. The molecule has 0 saturated heterocycles. The highest BCUT2D eigenvalue weighted by Crippen LogP contribution is 2.36. The van der Waals surface area contributed by atoms with Crippen LogP contribution in [0.2, 0.25) is 10.0 Å². The molecule has 6 heteroatoms. The highest BCUT2D eigenvalue weighted by Gasteiger charge is 2.20. The highest BCUT2D eigenvalue weighted by molar-refractivity contribution is 6.37. The van der Waals surface area contributed by atoms with Crippen molar-refractivity contribution in [3.63, 3.8) is 0 Å². The Morgan fingerprint density at radius 2 is 1.75 bits per heavy atom. The number of hydrogen-bond acceptors (Lipinski definition) is 3. The molecule has 0 radical (unpaired) electrons. The average Bonchev–Trinajstić information content (AvgIpc) is 2.21. The minimum Gasteiger partial charge on any atom is -0.479 e. The standard InChI is InChI=1S/C10H11Cl2NO3/c1-4-7(11)9(8(12)5(2)13-4)16-6(3)10(14)15/h6H,1-3H3,(H,14,15). The molecule has 0 aliphatic heterocycles. The van der Waals surface area contributed by atoms with Crippen molar-refractivity contribution in [2.24, 2.45) is 0 Å². The zero-order valence-corrected chi connectivity index (χ0v) is 10.6. The first-order chi connectivity index (χ1) is 7.34. The molecule has 0 amide bonds. The van der Waals surface area contributed by atoms with Crippen LogP contribution in [0.1, 0.15) is 18.3 Å². The van der Waals surface area contributed by atoms with E-state index in [2.05, 4.69) is 4.98 Å². The van der Waals surface area contributed by atoms with E-state index in [1.54, 1.807) is 13.8 Å². The summed E-state index contributed by atoms with van der Waals surface area (Å²) in [6.07, 6.45) is -1.02. The Balaban J connectivity index is 3.17. The van der Waals surface area contributed by atoms with Crippen LogP contribution in [0.5, 0.6) is 5.75 Å². The first kappa shape index (κ1) is 13.1. The molecule has 0 spiro atoms. The van der Waals surface area contributed by atoms with Crippen molar-refractivity contribution >= 4 is 29.2 Å². The highest BCUT2D eigenvalue weighted by atomic mass is 35.5. The van der Waals surface area contributed by atoms with Gasteiger partial charge in [0.05, 0.1) is 11.4 Å². The smallest absolute Gasteiger partial charge is 0.344 e. The predicted molar refractivity (Wildman–Crippen MR) is 61.5 cm³/mol. The maximum Gasteiger partial charge on any atom is 0.344 e. The summed E-state index contributed by atoms with van der Waals surface area (Å²) in [5, 5.41) is 9.22. The monoisotopic (exact) mass is 263 g/mol. The fourth-order valence-corrected chi connectivity index (χ4v) is 1.52. The van der Waals surface area contributed by atoms with E-state index in [0.717, 1.165) is 0 Å². The largest absolute Gasteiger partial charge is 0.479 e. The van der Waals surface area contributed by atoms with Gasteiger partial charge in [0.1, 0.15) is 10.0 Å². The molecule has 0 saturated carbocycles. The van der Waals surface area contributed by atoms with Crippen molar-refractivity contribution in [2.45, 2.75) is 26.9 Å². The van der Waals surface area contributed by atoms with Gasteiger partial charge in [0, 0.05) is 0 Å². The molecule has 1 atom stereocenters. The number of carbonyl (C=O) groups is 1. The maximum atomic E-state index is 10.7. The van der Waals surface area contributed by atoms with Crippen molar-refractivity contribution in [2.75, 3.05) is 0 Å². The number of aliphatic carboxylic acids is 1. The van der Waals surface area contributed by atoms with Crippen molar-refractivity contribution in [1.82, 2.24) is 4.98 Å². The third kappa shape index (κ3) is 2.57. The molecule has 1 N–H and O–H groups in total. The van der Waals surface area contributed by atoms with Crippen molar-refractivity contribution < 1.29 is 14.6 Å². The van der Waals surface area contributed by atoms with Crippen molar-refractivity contribution in [3.05, 3.63) is 21.4 Å². The number of nitrogens with zero attached hydrogens (tertiary/aromatic N) is 1. The van der Waals surface area contributed by atoms with Crippen LogP contribution in [0.25, 0.3) is 0 Å². The van der Waals surface area contributed by atoms with E-state index >= 15 is 0 Å². The van der Waals surface area contributed by atoms with Gasteiger partial charge in [-0.25, -0.2) is 4.79 Å². The maximum absolute atomic E-state index is 10.7. The number of aromatic nitrogens is 1. The fourth-order valence-electron chi connectivity index (χ4n) is 1.11. The van der Waals surface area contributed by atoms with Crippen molar-refractivity contribution in [3.8, 4) is 5.75 Å². The molecular formula is C10H11Cl2NO3. The second kappa shape index (κ2) is 4.89. The number of ether oxygens (including phenoxy) is 1. The van der Waals surface area contributed by atoms with Gasteiger partial charge in [-0.15, -0.1) is 0 Å². The Morgan fingerprint density at radius 3 is 2.12 bits per heavy atom. The molecule has 1 rings (SSSR count). The third-order valence-electron chi connectivity index (χ3n) is 2.01. The van der Waals surface area contributed by atoms with Gasteiger partial charge in [0.2, 0.25) is 0 Å². The van der Waals surface area contributed by atoms with Gasteiger partial charge in [0.25, 0.3) is 0 Å². The first-order valence-electron chi connectivity index (χ1n) is 4.56. The van der Waals surface area contributed by atoms with Crippen LogP contribution in [-0.2, 0) is 4.79 Å². The number of carboxylic acids is 1. The van der Waals surface area contributed by atoms with Gasteiger partial charge in [0.15, 0.2) is 11.9 Å². The lowest BCUT2D eigenvalue weighted by Gasteiger charge is -2.15. The predicted octanol–water partition coefficient (Wildman–Crippen LogP) is 2.86. The summed E-state index contributed by atoms with van der Waals surface area (Å²) < 4.78 is 5.20. The Hall–Kier alpha value is -1.00. The van der Waals surface area contributed by atoms with E-state index in [9.17, 15) is 4.79 Å². The molecule has 0 fully saturated rings. The molecule has 0 bridgehead atoms. The third-order valence-corrected chi connectivity index (χ3v) is 2.90. The normalized spacial score (nSPS) is 12.3. The molecular weight excluding hydrogens is 253 g/mol. The Kier molecular flexibility index (Phi) is 3.99. The van der Waals surface area contributed by atoms with E-state index in [4.69, 9.17) is 33.0 Å². The summed E-state index contributed by atoms with van der Waals surface area (Å²) in [7, 11) is 0. The first-order valence-corrected chi connectivity index (χ1v) is 5.31. The molecule has 4 nitrogen and oxygen atoms in total. The van der Waals surface area contributed by atoms with E-state index < -0.39 is 12.1 Å². The molecule has 0 aliphatic carbocycles. The second-order valence-electron chi connectivity index (χ2n) is 3.34. The quantitative estimate of drug-likeness (QED) is 0.911. The zero-order valence-electron chi connectivity index (χ0n) is 9.04. The van der Waals surface area contributed by atoms with Crippen LogP contribution < -0.4 is 4.74 Å². The topological polar surface area (TPSA) is 59.4 Å². The Labute approximate surface area is 103 Å². The van der Waals surface area contributed by atoms with Crippen molar-refractivity contribution in [1.29, 1.82) is 0 Å². The van der Waals surface area contributed by atoms with Crippen LogP contribution in [0.15, 0.2) is 0 Å². The summed E-state index contributed by atoms with van der Waals surface area (Å²) in [4.78, 5) is 14.8. The molecule has 1 heterocycles. The number of rotatable bonds is 3. The summed E-state index contributed by atoms with van der Waals surface area (Å²) in [5.74, 6) is -0.914. The summed E-state index contributed by atoms with van der Waals surface area (Å²) in [5.41, 5.74) is 1.10. The Morgan fingerprint density at radius 1 is 1.31 bits per heavy atom. The minimum atomic E-state index is -1.08. The molecule has 0 aliphatic rings. The summed E-state index contributed by atoms with van der Waals surface area (Å²) >= 11 is 11.9. The van der Waals surface area contributed by atoms with Crippen LogP contribution >= 0.6 is 23.2 Å². The Bertz CT molecular complexity index is 408. The van der Waals surface area contributed by atoms with E-state index in [1.807, 2.05) is 0 Å². The van der Waals surface area contributed by atoms with Gasteiger partial charge in [-0.05, 0) is 20.8 Å². The lowest BCUT2D eigenvalue weighted by atomic mass is 10.3. The van der Waals surface area contributed by atoms with Crippen LogP contribution in [0.3, 0.4) is 0 Å². The SMILES string of the molecule is Cc1nc(C)c(Cl)c(OC(C)C(=O)O)c1Cl. The zero-order chi connectivity index (χ0) is 12.5. The number of aryl methyl sites for hydroxylation is 2. The number of pyridine rings is 1. The van der Waals surface area contributed by atoms with Gasteiger partial charge < -0.3 is 9.84 Å². The molecule has 0 aromatic carbocycles. The molecule has 16 heavy (non-hydrogen) atoms. The molecule has 1 unspecified atom stereocenters. The summed E-state index contributed by atoms with van der Waals surface area (Å²) in [6, 6.07) is 0. The number of halogens is 2. The van der Waals surface area contributed by atoms with E-state index in [1.165, 1.54) is 6.92 Å². The van der Waals surface area contributed by atoms with Gasteiger partial charge in [-0.1, -0.05) is 23.2 Å². The van der Waals surface area contributed by atoms with E-state index in [-0.39, 0.29) is 15.8 Å². The second-order valence-corrected chi connectivity index (χ2v) is 4.09. The lowest BCUT2D eigenvalue weighted by Crippen LogP contribution is -2.23. The number of carboxylic acid groups (broad SMARTS) is 1. The van der Waals surface area contributed by atoms with Gasteiger partial charge >= 0.3 is 5.97 Å². The average molecular weight is 264 g/mol. The molecule has 88 valence electrons. The minimum absolute atomic E-state index is 0.170. The molecule has 1 aromatic rings.